The molecule has 6 nitrogen and oxygen atoms in total. The van der Waals surface area contributed by atoms with Crippen LogP contribution < -0.4 is 0 Å². The molecule has 0 N–H and O–H groups in total. The van der Waals surface area contributed by atoms with Gasteiger partial charge in [0.1, 0.15) is 13.2 Å². The fourth-order valence-electron chi connectivity index (χ4n) is 8.65. The summed E-state index contributed by atoms with van der Waals surface area (Å²) < 4.78 is 16.9. The summed E-state index contributed by atoms with van der Waals surface area (Å²) in [5.74, 6) is -0.955. The van der Waals surface area contributed by atoms with Gasteiger partial charge in [0.15, 0.2) is 6.10 Å². The summed E-state index contributed by atoms with van der Waals surface area (Å²) in [6.45, 7) is 6.38. The molecular weight excluding hydrogens is 961 g/mol. The Morgan fingerprint density at radius 3 is 0.795 bits per heavy atom. The van der Waals surface area contributed by atoms with Gasteiger partial charge in [-0.15, -0.1) is 0 Å². The molecule has 0 aliphatic rings. The predicted octanol–water partition coefficient (Wildman–Crippen LogP) is 22.2. The van der Waals surface area contributed by atoms with Gasteiger partial charge in [-0.3, -0.25) is 14.4 Å². The van der Waals surface area contributed by atoms with Crippen molar-refractivity contribution < 1.29 is 28.6 Å². The maximum Gasteiger partial charge on any atom is 0.306 e. The van der Waals surface area contributed by atoms with E-state index >= 15 is 0 Å². The Labute approximate surface area is 481 Å². The molecule has 1 atom stereocenters. The van der Waals surface area contributed by atoms with Crippen LogP contribution >= 0.6 is 0 Å². The maximum atomic E-state index is 12.9. The summed E-state index contributed by atoms with van der Waals surface area (Å²) in [6, 6.07) is 0. The molecule has 0 aliphatic heterocycles. The van der Waals surface area contributed by atoms with Crippen LogP contribution in [0.4, 0.5) is 0 Å². The summed E-state index contributed by atoms with van der Waals surface area (Å²) in [4.78, 5) is 38.4. The lowest BCUT2D eigenvalue weighted by Crippen LogP contribution is -2.30. The molecule has 0 aromatic carbocycles. The molecule has 0 aromatic heterocycles. The molecule has 6 heteroatoms. The minimum atomic E-state index is -0.812. The second kappa shape index (κ2) is 65.1. The Hall–Kier alpha value is -4.45. The molecule has 442 valence electrons. The smallest absolute Gasteiger partial charge is 0.306 e. The van der Waals surface area contributed by atoms with Gasteiger partial charge in [-0.25, -0.2) is 0 Å². The van der Waals surface area contributed by atoms with Crippen LogP contribution in [-0.4, -0.2) is 37.2 Å². The third kappa shape index (κ3) is 62.4. The lowest BCUT2D eigenvalue weighted by atomic mass is 10.0. The van der Waals surface area contributed by atoms with Gasteiger partial charge in [-0.2, -0.15) is 0 Å². The highest BCUT2D eigenvalue weighted by molar-refractivity contribution is 5.71. The molecule has 78 heavy (non-hydrogen) atoms. The van der Waals surface area contributed by atoms with Crippen LogP contribution in [0.1, 0.15) is 284 Å². The molecule has 0 heterocycles. The summed E-state index contributed by atoms with van der Waals surface area (Å²) >= 11 is 0. The van der Waals surface area contributed by atoms with Crippen LogP contribution in [0.5, 0.6) is 0 Å². The predicted molar refractivity (Wildman–Crippen MR) is 339 cm³/mol. The van der Waals surface area contributed by atoms with E-state index in [1.807, 2.05) is 0 Å². The number of unbranched alkanes of at least 4 members (excludes halogenated alkanes) is 24. The Kier molecular flexibility index (Phi) is 61.4. The first-order valence-corrected chi connectivity index (χ1v) is 32.2. The number of carbonyl (C=O) groups excluding carboxylic acids is 3. The average molecular weight is 1080 g/mol. The number of rotatable bonds is 57. The fourth-order valence-corrected chi connectivity index (χ4v) is 8.65. The lowest BCUT2D eigenvalue weighted by molar-refractivity contribution is -0.167. The highest BCUT2D eigenvalue weighted by Crippen LogP contribution is 2.16. The van der Waals surface area contributed by atoms with Crippen molar-refractivity contribution in [3.63, 3.8) is 0 Å². The zero-order valence-corrected chi connectivity index (χ0v) is 50.6. The second-order valence-electron chi connectivity index (χ2n) is 20.9. The normalized spacial score (nSPS) is 13.0. The number of esters is 3. The highest BCUT2D eigenvalue weighted by atomic mass is 16.6. The molecule has 0 saturated heterocycles. The van der Waals surface area contributed by atoms with Gasteiger partial charge < -0.3 is 14.2 Å². The minimum absolute atomic E-state index is 0.102. The molecule has 0 fully saturated rings. The zero-order valence-electron chi connectivity index (χ0n) is 50.6. The van der Waals surface area contributed by atoms with Crippen molar-refractivity contribution in [2.24, 2.45) is 0 Å². The summed E-state index contributed by atoms with van der Waals surface area (Å²) in [6.07, 6.45) is 91.6. The lowest BCUT2D eigenvalue weighted by Gasteiger charge is -2.18. The number of hydrogen-bond donors (Lipinski definition) is 0. The summed E-state index contributed by atoms with van der Waals surface area (Å²) in [7, 11) is 0. The van der Waals surface area contributed by atoms with Crippen LogP contribution in [0.3, 0.4) is 0 Å². The van der Waals surface area contributed by atoms with Crippen molar-refractivity contribution in [3.8, 4) is 0 Å². The van der Waals surface area contributed by atoms with E-state index in [1.165, 1.54) is 96.3 Å². The number of carbonyl (C=O) groups is 3. The van der Waals surface area contributed by atoms with Crippen molar-refractivity contribution in [3.05, 3.63) is 134 Å². The first-order chi connectivity index (χ1) is 38.5. The Bertz CT molecular complexity index is 1670. The van der Waals surface area contributed by atoms with E-state index in [1.54, 1.807) is 0 Å². The van der Waals surface area contributed by atoms with Crippen LogP contribution in [-0.2, 0) is 28.6 Å². The van der Waals surface area contributed by atoms with E-state index in [9.17, 15) is 14.4 Å². The van der Waals surface area contributed by atoms with Gasteiger partial charge in [-0.1, -0.05) is 283 Å². The van der Waals surface area contributed by atoms with Gasteiger partial charge in [0.25, 0.3) is 0 Å². The van der Waals surface area contributed by atoms with Crippen LogP contribution in [0.25, 0.3) is 0 Å². The standard InChI is InChI=1S/C72H118O6/c1-4-7-10-13-16-19-22-25-28-31-34-35-36-37-39-41-44-47-50-53-56-59-62-65-71(74)77-68-69(67-76-70(73)64-61-58-55-52-49-46-43-40-33-30-27-24-21-18-15-12-9-6-3)78-72(75)66-63-60-57-54-51-48-45-42-38-32-29-26-23-20-17-14-11-8-5-2/h7-8,10-11,16-17,19-20,25-26,28-29,34-35,37-39,42,44,47-48,51,69H,4-6,9,12-15,18,21-24,27,30-33,36,40-41,43,45-46,49-50,52-68H2,1-3H3/b10-7-,11-8-,19-16-,20-17-,28-25-,29-26-,35-34-,39-37-,42-38-,47-44-,51-48-. The van der Waals surface area contributed by atoms with Crippen LogP contribution in [0, 0.1) is 0 Å². The topological polar surface area (TPSA) is 78.9 Å². The van der Waals surface area contributed by atoms with E-state index in [0.717, 1.165) is 148 Å². The molecule has 0 aromatic rings. The van der Waals surface area contributed by atoms with Gasteiger partial charge in [0.05, 0.1) is 0 Å². The van der Waals surface area contributed by atoms with Crippen molar-refractivity contribution in [2.75, 3.05) is 13.2 Å². The third-order valence-corrected chi connectivity index (χ3v) is 13.4. The quantitative estimate of drug-likeness (QED) is 0.0261. The molecule has 0 aliphatic carbocycles. The van der Waals surface area contributed by atoms with Gasteiger partial charge in [0, 0.05) is 19.3 Å². The minimum Gasteiger partial charge on any atom is -0.462 e. The van der Waals surface area contributed by atoms with Crippen molar-refractivity contribution in [1.82, 2.24) is 0 Å². The molecule has 0 amide bonds. The van der Waals surface area contributed by atoms with Gasteiger partial charge >= 0.3 is 17.9 Å². The molecule has 0 saturated carbocycles. The van der Waals surface area contributed by atoms with E-state index in [-0.39, 0.29) is 37.5 Å². The zero-order chi connectivity index (χ0) is 56.4. The molecule has 1 unspecified atom stereocenters. The third-order valence-electron chi connectivity index (χ3n) is 13.4. The number of hydrogen-bond acceptors (Lipinski definition) is 6. The van der Waals surface area contributed by atoms with Crippen molar-refractivity contribution in [1.29, 1.82) is 0 Å². The maximum absolute atomic E-state index is 12.9. The monoisotopic (exact) mass is 1080 g/mol. The Morgan fingerprint density at radius 1 is 0.269 bits per heavy atom. The van der Waals surface area contributed by atoms with Gasteiger partial charge in [0.2, 0.25) is 0 Å². The van der Waals surface area contributed by atoms with E-state index in [4.69, 9.17) is 14.2 Å². The van der Waals surface area contributed by atoms with Crippen molar-refractivity contribution >= 4 is 17.9 Å². The van der Waals surface area contributed by atoms with E-state index in [0.29, 0.717) is 12.8 Å². The SMILES string of the molecule is CC/C=C\C/C=C\C/C=C\C/C=C\C/C=C\C/C=C\CCCCCCC(=O)OCC(COC(=O)CCCCCCCCCCCCCCCCCCCC)OC(=O)CCCCC/C=C\C/C=C\C/C=C\C/C=C\C/C=C\CC. The van der Waals surface area contributed by atoms with Gasteiger partial charge in [-0.05, 0) is 116 Å². The Morgan fingerprint density at radius 2 is 0.500 bits per heavy atom. The second-order valence-corrected chi connectivity index (χ2v) is 20.9. The Balaban J connectivity index is 4.50. The average Bonchev–Trinajstić information content (AvgIpc) is 3.44. The van der Waals surface area contributed by atoms with Crippen molar-refractivity contribution in [2.45, 2.75) is 290 Å². The van der Waals surface area contributed by atoms with Crippen LogP contribution in [0.2, 0.25) is 0 Å². The molecular formula is C72H118O6. The largest absolute Gasteiger partial charge is 0.462 e. The molecule has 0 rings (SSSR count). The molecule has 0 spiro atoms. The summed E-state index contributed by atoms with van der Waals surface area (Å²) in [5, 5.41) is 0. The number of ether oxygens (including phenoxy) is 3. The van der Waals surface area contributed by atoms with E-state index in [2.05, 4.69) is 154 Å². The molecule has 0 radical (unpaired) electrons. The first kappa shape index (κ1) is 73.5. The molecule has 0 bridgehead atoms. The number of allylic oxidation sites excluding steroid dienone is 22. The van der Waals surface area contributed by atoms with Crippen LogP contribution in [0.15, 0.2) is 134 Å². The summed E-state index contributed by atoms with van der Waals surface area (Å²) in [5.41, 5.74) is 0. The highest BCUT2D eigenvalue weighted by Gasteiger charge is 2.19. The fraction of sp³-hybridized carbons (Fsp3) is 0.653. The first-order valence-electron chi connectivity index (χ1n) is 32.2. The van der Waals surface area contributed by atoms with E-state index < -0.39 is 6.10 Å².